The number of rotatable bonds is 5. The predicted octanol–water partition coefficient (Wildman–Crippen LogP) is 7.49. The van der Waals surface area contributed by atoms with E-state index in [0.717, 1.165) is 6.42 Å². The van der Waals surface area contributed by atoms with Crippen molar-refractivity contribution in [3.63, 3.8) is 0 Å². The van der Waals surface area contributed by atoms with Crippen molar-refractivity contribution in [2.24, 2.45) is 0 Å². The van der Waals surface area contributed by atoms with Gasteiger partial charge in [-0.2, -0.15) is 0 Å². The highest BCUT2D eigenvalue weighted by Gasteiger charge is 2.07. The molecule has 0 bridgehead atoms. The first kappa shape index (κ1) is 16.2. The lowest BCUT2D eigenvalue weighted by Crippen LogP contribution is -1.89. The number of hydrogen-bond acceptors (Lipinski definition) is 1. The normalized spacial score (nSPS) is 11.2. The second-order valence-corrected chi connectivity index (χ2v) is 7.60. The fourth-order valence-electron chi connectivity index (χ4n) is 3.37. The molecule has 0 saturated carbocycles. The summed E-state index contributed by atoms with van der Waals surface area (Å²) in [5.74, 6) is 0. The Morgan fingerprint density at radius 1 is 0.720 bits per heavy atom. The molecule has 0 N–H and O–H groups in total. The van der Waals surface area contributed by atoms with Crippen molar-refractivity contribution in [3.8, 4) is 0 Å². The number of unbranched alkanes of at least 4 members (excludes halogenated alkanes) is 1. The van der Waals surface area contributed by atoms with Gasteiger partial charge in [0.2, 0.25) is 0 Å². The third-order valence-corrected chi connectivity index (χ3v) is 5.79. The van der Waals surface area contributed by atoms with Crippen LogP contribution in [0.1, 0.15) is 25.3 Å². The lowest BCUT2D eigenvalue weighted by molar-refractivity contribution is 0.798. The van der Waals surface area contributed by atoms with Crippen LogP contribution in [0, 0.1) is 0 Å². The maximum absolute atomic E-state index is 2.32. The van der Waals surface area contributed by atoms with Gasteiger partial charge < -0.3 is 0 Å². The minimum Gasteiger partial charge on any atom is -0.0894 e. The van der Waals surface area contributed by atoms with Gasteiger partial charge in [-0.05, 0) is 58.1 Å². The first-order chi connectivity index (χ1) is 12.3. The zero-order valence-electron chi connectivity index (χ0n) is 14.5. The average molecular weight is 343 g/mol. The number of fused-ring (bicyclic) bond motifs is 2. The molecule has 4 aromatic carbocycles. The summed E-state index contributed by atoms with van der Waals surface area (Å²) in [5, 5.41) is 5.37. The molecule has 25 heavy (non-hydrogen) atoms. The lowest BCUT2D eigenvalue weighted by atomic mass is 10.0. The summed E-state index contributed by atoms with van der Waals surface area (Å²) >= 11 is 1.86. The molecule has 0 aliphatic carbocycles. The average Bonchev–Trinajstić information content (AvgIpc) is 2.67. The summed E-state index contributed by atoms with van der Waals surface area (Å²) < 4.78 is 0. The van der Waals surface area contributed by atoms with Crippen LogP contribution in [0.2, 0.25) is 0 Å². The number of aryl methyl sites for hydroxylation is 1. The molecule has 0 aromatic heterocycles. The van der Waals surface area contributed by atoms with Crippen LogP contribution in [0.15, 0.2) is 88.7 Å². The van der Waals surface area contributed by atoms with E-state index >= 15 is 0 Å². The van der Waals surface area contributed by atoms with Crippen LogP contribution < -0.4 is 0 Å². The summed E-state index contributed by atoms with van der Waals surface area (Å²) in [6.45, 7) is 2.26. The van der Waals surface area contributed by atoms with Crippen molar-refractivity contribution < 1.29 is 0 Å². The van der Waals surface area contributed by atoms with Crippen molar-refractivity contribution in [1.29, 1.82) is 0 Å². The second kappa shape index (κ2) is 7.33. The summed E-state index contributed by atoms with van der Waals surface area (Å²) in [6, 6.07) is 28.7. The number of benzene rings is 4. The molecule has 0 atom stereocenters. The van der Waals surface area contributed by atoms with Crippen LogP contribution in [0.5, 0.6) is 0 Å². The first-order valence-electron chi connectivity index (χ1n) is 9.02. The molecule has 0 radical (unpaired) electrons. The summed E-state index contributed by atoms with van der Waals surface area (Å²) in [5.41, 5.74) is 1.47. The minimum atomic E-state index is 1.16. The SMILES string of the molecule is CCCCc1ccc(Sc2ccc3ccccc3c2)c2ccccc12. The Morgan fingerprint density at radius 3 is 2.32 bits per heavy atom. The van der Waals surface area contributed by atoms with Crippen LogP contribution in [0.3, 0.4) is 0 Å². The summed E-state index contributed by atoms with van der Waals surface area (Å²) in [7, 11) is 0. The van der Waals surface area contributed by atoms with Crippen molar-refractivity contribution >= 4 is 33.3 Å². The van der Waals surface area contributed by atoms with E-state index in [0.29, 0.717) is 0 Å². The molecule has 0 nitrogen and oxygen atoms in total. The fourth-order valence-corrected chi connectivity index (χ4v) is 4.37. The molecule has 0 heterocycles. The van der Waals surface area contributed by atoms with Gasteiger partial charge in [-0.25, -0.2) is 0 Å². The molecule has 0 aliphatic heterocycles. The van der Waals surface area contributed by atoms with Crippen molar-refractivity contribution in [2.45, 2.75) is 36.0 Å². The predicted molar refractivity (Wildman–Crippen MR) is 111 cm³/mol. The van der Waals surface area contributed by atoms with Gasteiger partial charge in [-0.3, -0.25) is 0 Å². The van der Waals surface area contributed by atoms with Gasteiger partial charge in [0.15, 0.2) is 0 Å². The molecular formula is C24H22S. The van der Waals surface area contributed by atoms with E-state index in [-0.39, 0.29) is 0 Å². The molecule has 0 amide bonds. The van der Waals surface area contributed by atoms with Gasteiger partial charge in [0, 0.05) is 9.79 Å². The Hall–Kier alpha value is -2.25. The fraction of sp³-hybridized carbons (Fsp3) is 0.167. The van der Waals surface area contributed by atoms with Crippen LogP contribution in [-0.4, -0.2) is 0 Å². The van der Waals surface area contributed by atoms with Crippen LogP contribution in [-0.2, 0) is 6.42 Å². The van der Waals surface area contributed by atoms with Gasteiger partial charge in [0.1, 0.15) is 0 Å². The molecule has 0 fully saturated rings. The van der Waals surface area contributed by atoms with E-state index in [4.69, 9.17) is 0 Å². The zero-order valence-corrected chi connectivity index (χ0v) is 15.4. The first-order valence-corrected chi connectivity index (χ1v) is 9.84. The molecule has 1 heteroatoms. The van der Waals surface area contributed by atoms with Gasteiger partial charge in [-0.15, -0.1) is 0 Å². The Bertz CT molecular complexity index is 1020. The smallest absolute Gasteiger partial charge is 0.0201 e. The Morgan fingerprint density at radius 2 is 1.48 bits per heavy atom. The van der Waals surface area contributed by atoms with Gasteiger partial charge >= 0.3 is 0 Å². The van der Waals surface area contributed by atoms with Crippen molar-refractivity contribution in [2.75, 3.05) is 0 Å². The van der Waals surface area contributed by atoms with E-state index in [1.54, 1.807) is 0 Å². The third kappa shape index (κ3) is 3.43. The molecule has 124 valence electrons. The van der Waals surface area contributed by atoms with Gasteiger partial charge in [0.25, 0.3) is 0 Å². The summed E-state index contributed by atoms with van der Waals surface area (Å²) in [4.78, 5) is 2.64. The monoisotopic (exact) mass is 342 g/mol. The lowest BCUT2D eigenvalue weighted by Gasteiger charge is -2.11. The minimum absolute atomic E-state index is 1.16. The third-order valence-electron chi connectivity index (χ3n) is 4.72. The van der Waals surface area contributed by atoms with Crippen LogP contribution >= 0.6 is 11.8 Å². The van der Waals surface area contributed by atoms with E-state index in [2.05, 4.69) is 85.8 Å². The quantitative estimate of drug-likeness (QED) is 0.362. The molecule has 0 saturated heterocycles. The van der Waals surface area contributed by atoms with E-state index in [1.807, 2.05) is 11.8 Å². The standard InChI is InChI=1S/C24H22S/c1-2-3-8-19-14-16-24(23-12-7-6-11-22(19)23)25-21-15-13-18-9-4-5-10-20(18)17-21/h4-7,9-17H,2-3,8H2,1H3. The molecule has 4 rings (SSSR count). The molecule has 0 spiro atoms. The van der Waals surface area contributed by atoms with Crippen molar-refractivity contribution in [1.82, 2.24) is 0 Å². The highest BCUT2D eigenvalue weighted by atomic mass is 32.2. The van der Waals surface area contributed by atoms with E-state index in [9.17, 15) is 0 Å². The molecule has 0 aliphatic rings. The highest BCUT2D eigenvalue weighted by Crippen LogP contribution is 2.36. The summed E-state index contributed by atoms with van der Waals surface area (Å²) in [6.07, 6.45) is 3.65. The maximum Gasteiger partial charge on any atom is 0.0201 e. The van der Waals surface area contributed by atoms with Gasteiger partial charge in [0.05, 0.1) is 0 Å². The van der Waals surface area contributed by atoms with Crippen LogP contribution in [0.4, 0.5) is 0 Å². The largest absolute Gasteiger partial charge is 0.0894 e. The molecule has 4 aromatic rings. The second-order valence-electron chi connectivity index (χ2n) is 6.48. The zero-order chi connectivity index (χ0) is 17.1. The maximum atomic E-state index is 2.32. The Labute approximate surface area is 153 Å². The van der Waals surface area contributed by atoms with Crippen LogP contribution in [0.25, 0.3) is 21.5 Å². The Balaban J connectivity index is 1.73. The van der Waals surface area contributed by atoms with Gasteiger partial charge in [-0.1, -0.05) is 85.8 Å². The molecular weight excluding hydrogens is 320 g/mol. The Kier molecular flexibility index (Phi) is 4.76. The molecule has 0 unspecified atom stereocenters. The highest BCUT2D eigenvalue weighted by molar-refractivity contribution is 7.99. The van der Waals surface area contributed by atoms with E-state index < -0.39 is 0 Å². The van der Waals surface area contributed by atoms with Crippen molar-refractivity contribution in [3.05, 3.63) is 84.4 Å². The van der Waals surface area contributed by atoms with E-state index in [1.165, 1.54) is 49.7 Å². The topological polar surface area (TPSA) is 0 Å². The number of hydrogen-bond donors (Lipinski definition) is 0.